The van der Waals surface area contributed by atoms with Crippen LogP contribution >= 0.6 is 0 Å². The van der Waals surface area contributed by atoms with Gasteiger partial charge in [0.15, 0.2) is 0 Å². The van der Waals surface area contributed by atoms with E-state index in [-0.39, 0.29) is 0 Å². The number of hydrogen-bond donors (Lipinski definition) is 1. The normalized spacial score (nSPS) is 7.50. The third kappa shape index (κ3) is 15.7. The van der Waals surface area contributed by atoms with Crippen molar-refractivity contribution in [2.24, 2.45) is 0 Å². The number of hydrogen-bond acceptors (Lipinski definition) is 1. The lowest BCUT2D eigenvalue weighted by molar-refractivity contribution is -0.137. The minimum Gasteiger partial charge on any atom is -0.481 e. The molecule has 0 aromatic heterocycles. The largest absolute Gasteiger partial charge is 0.481 e. The Morgan fingerprint density at radius 2 is 1.90 bits per heavy atom. The number of aliphatic carboxylic acids is 1. The first-order valence-electron chi connectivity index (χ1n) is 3.32. The fourth-order valence-electron chi connectivity index (χ4n) is 0.526. The number of carboxylic acid groups (broad SMARTS) is 1. The van der Waals surface area contributed by atoms with Crippen LogP contribution in [-0.4, -0.2) is 11.1 Å². The lowest BCUT2D eigenvalue weighted by Crippen LogP contribution is -1.92. The summed E-state index contributed by atoms with van der Waals surface area (Å²) in [6, 6.07) is 0. The van der Waals surface area contributed by atoms with Crippen molar-refractivity contribution in [3.05, 3.63) is 0 Å². The van der Waals surface area contributed by atoms with E-state index in [1.807, 2.05) is 0 Å². The van der Waals surface area contributed by atoms with Crippen molar-refractivity contribution in [3.63, 3.8) is 0 Å². The van der Waals surface area contributed by atoms with Crippen molar-refractivity contribution < 1.29 is 9.90 Å². The van der Waals surface area contributed by atoms with Crippen molar-refractivity contribution in [3.8, 4) is 12.8 Å². The van der Waals surface area contributed by atoms with E-state index in [0.29, 0.717) is 6.42 Å². The molecule has 0 aromatic carbocycles. The van der Waals surface area contributed by atoms with E-state index in [0.717, 1.165) is 19.3 Å². The van der Waals surface area contributed by atoms with Gasteiger partial charge in [0.1, 0.15) is 0 Å². The van der Waals surface area contributed by atoms with E-state index in [2.05, 4.69) is 19.8 Å². The van der Waals surface area contributed by atoms with E-state index in [1.54, 1.807) is 0 Å². The molecule has 0 fully saturated rings. The third-order valence-electron chi connectivity index (χ3n) is 0.994. The molecule has 0 aliphatic rings. The van der Waals surface area contributed by atoms with Crippen LogP contribution in [0.3, 0.4) is 0 Å². The van der Waals surface area contributed by atoms with E-state index in [1.165, 1.54) is 0 Å². The number of unbranched alkanes of at least 4 members (excludes halogenated alkanes) is 2. The smallest absolute Gasteiger partial charge is 0.303 e. The summed E-state index contributed by atoms with van der Waals surface area (Å²) in [5.41, 5.74) is 0. The summed E-state index contributed by atoms with van der Waals surface area (Å²) in [5, 5.41) is 8.14. The Morgan fingerprint density at radius 3 is 2.20 bits per heavy atom. The fraction of sp³-hybridized carbons (Fsp3) is 0.625. The minimum atomic E-state index is -0.682. The summed E-state index contributed by atoms with van der Waals surface area (Å²) in [5.74, 6) is -0.682. The highest BCUT2D eigenvalue weighted by Gasteiger charge is 1.92. The molecule has 2 heteroatoms. The van der Waals surface area contributed by atoms with Crippen LogP contribution in [0.2, 0.25) is 0 Å². The summed E-state index contributed by atoms with van der Waals surface area (Å²) >= 11 is 0. The molecule has 0 aliphatic carbocycles. The summed E-state index contributed by atoms with van der Waals surface area (Å²) in [4.78, 5) is 9.87. The van der Waals surface area contributed by atoms with Crippen LogP contribution in [0.25, 0.3) is 0 Å². The summed E-state index contributed by atoms with van der Waals surface area (Å²) in [6.45, 7) is 2.06. The van der Waals surface area contributed by atoms with Gasteiger partial charge in [0, 0.05) is 6.42 Å². The molecule has 10 heavy (non-hydrogen) atoms. The Bertz CT molecular complexity index is 94.7. The molecular formula is C8H14O2. The van der Waals surface area contributed by atoms with Crippen LogP contribution in [-0.2, 0) is 4.79 Å². The lowest BCUT2D eigenvalue weighted by atomic mass is 10.2. The Kier molecular flexibility index (Phi) is 12.9. The molecule has 0 aliphatic heterocycles. The van der Waals surface area contributed by atoms with Crippen molar-refractivity contribution >= 4 is 5.97 Å². The predicted octanol–water partition coefficient (Wildman–Crippen LogP) is 1.90. The van der Waals surface area contributed by atoms with E-state index in [4.69, 9.17) is 5.11 Å². The zero-order valence-corrected chi connectivity index (χ0v) is 6.34. The molecule has 0 bridgehead atoms. The van der Waals surface area contributed by atoms with Crippen molar-refractivity contribution in [2.75, 3.05) is 0 Å². The monoisotopic (exact) mass is 142 g/mol. The maximum Gasteiger partial charge on any atom is 0.303 e. The van der Waals surface area contributed by atoms with Gasteiger partial charge in [-0.3, -0.25) is 4.79 Å². The summed E-state index contributed by atoms with van der Waals surface area (Å²) < 4.78 is 0. The molecule has 0 saturated heterocycles. The molecular weight excluding hydrogens is 128 g/mol. The average Bonchev–Trinajstić information content (AvgIpc) is 1.92. The van der Waals surface area contributed by atoms with Crippen LogP contribution < -0.4 is 0 Å². The van der Waals surface area contributed by atoms with Gasteiger partial charge in [-0.05, 0) is 6.42 Å². The molecule has 58 valence electrons. The van der Waals surface area contributed by atoms with Gasteiger partial charge in [-0.25, -0.2) is 0 Å². The van der Waals surface area contributed by atoms with Gasteiger partial charge in [-0.15, -0.1) is 12.8 Å². The molecule has 0 unspecified atom stereocenters. The zero-order valence-electron chi connectivity index (χ0n) is 6.34. The molecule has 2 nitrogen and oxygen atoms in total. The molecule has 0 rings (SSSR count). The molecule has 0 radical (unpaired) electrons. The van der Waals surface area contributed by atoms with E-state index < -0.39 is 5.97 Å². The van der Waals surface area contributed by atoms with Gasteiger partial charge >= 0.3 is 5.97 Å². The van der Waals surface area contributed by atoms with Crippen LogP contribution in [0.15, 0.2) is 0 Å². The van der Waals surface area contributed by atoms with Gasteiger partial charge < -0.3 is 5.11 Å². The number of carboxylic acids is 1. The van der Waals surface area contributed by atoms with Crippen LogP contribution in [0.5, 0.6) is 0 Å². The van der Waals surface area contributed by atoms with Gasteiger partial charge in [-0.1, -0.05) is 19.8 Å². The van der Waals surface area contributed by atoms with Gasteiger partial charge in [0.25, 0.3) is 0 Å². The first-order chi connectivity index (χ1) is 4.77. The fourth-order valence-corrected chi connectivity index (χ4v) is 0.526. The first-order valence-corrected chi connectivity index (χ1v) is 3.32. The van der Waals surface area contributed by atoms with E-state index in [9.17, 15) is 4.79 Å². The highest BCUT2D eigenvalue weighted by atomic mass is 16.4. The topological polar surface area (TPSA) is 37.3 Å². The second-order valence-corrected chi connectivity index (χ2v) is 1.85. The minimum absolute atomic E-state index is 0.327. The maximum absolute atomic E-state index is 9.87. The average molecular weight is 142 g/mol. The van der Waals surface area contributed by atoms with Gasteiger partial charge in [0.05, 0.1) is 0 Å². The quantitative estimate of drug-likeness (QED) is 0.481. The Labute approximate surface area is 62.3 Å². The second-order valence-electron chi connectivity index (χ2n) is 1.85. The van der Waals surface area contributed by atoms with Gasteiger partial charge in [-0.2, -0.15) is 0 Å². The summed E-state index contributed by atoms with van der Waals surface area (Å²) in [7, 11) is 0. The number of terminal acetylenes is 1. The molecule has 0 atom stereocenters. The van der Waals surface area contributed by atoms with Crippen molar-refractivity contribution in [1.29, 1.82) is 0 Å². The molecule has 0 aromatic rings. The highest BCUT2D eigenvalue weighted by molar-refractivity contribution is 5.66. The Balaban J connectivity index is 0. The molecule has 0 amide bonds. The number of carbonyl (C=O) groups is 1. The molecule has 1 N–H and O–H groups in total. The van der Waals surface area contributed by atoms with Crippen molar-refractivity contribution in [2.45, 2.75) is 32.6 Å². The van der Waals surface area contributed by atoms with Gasteiger partial charge in [0.2, 0.25) is 0 Å². The second kappa shape index (κ2) is 10.9. The lowest BCUT2D eigenvalue weighted by Gasteiger charge is -1.89. The molecule has 0 spiro atoms. The first kappa shape index (κ1) is 11.8. The SMILES string of the molecule is C#C.CCCCCC(=O)O. The number of rotatable bonds is 4. The maximum atomic E-state index is 9.87. The van der Waals surface area contributed by atoms with Crippen LogP contribution in [0.4, 0.5) is 0 Å². The van der Waals surface area contributed by atoms with Crippen molar-refractivity contribution in [1.82, 2.24) is 0 Å². The van der Waals surface area contributed by atoms with Crippen LogP contribution in [0, 0.1) is 12.8 Å². The standard InChI is InChI=1S/C6H12O2.C2H2/c1-2-3-4-5-6(7)8;1-2/h2-5H2,1H3,(H,7,8);1-2H. The Hall–Kier alpha value is -0.970. The summed E-state index contributed by atoms with van der Waals surface area (Å²) in [6.07, 6.45) is 11.3. The molecule has 0 heterocycles. The molecule has 0 saturated carbocycles. The van der Waals surface area contributed by atoms with E-state index >= 15 is 0 Å². The van der Waals surface area contributed by atoms with Crippen LogP contribution in [0.1, 0.15) is 32.6 Å². The predicted molar refractivity (Wildman–Crippen MR) is 41.7 cm³/mol. The zero-order chi connectivity index (χ0) is 8.41. The highest BCUT2D eigenvalue weighted by Crippen LogP contribution is 1.97. The Morgan fingerprint density at radius 1 is 1.40 bits per heavy atom. The third-order valence-corrected chi connectivity index (χ3v) is 0.994.